The number of nitrogens with one attached hydrogen (secondary N) is 1. The van der Waals surface area contributed by atoms with Gasteiger partial charge in [0.15, 0.2) is 11.8 Å². The molecule has 0 aliphatic carbocycles. The molecule has 3 heterocycles. The van der Waals surface area contributed by atoms with Crippen LogP contribution in [0, 0.1) is 13.8 Å². The molecule has 9 heteroatoms. The molecule has 1 saturated heterocycles. The summed E-state index contributed by atoms with van der Waals surface area (Å²) in [7, 11) is 1.80. The van der Waals surface area contributed by atoms with Gasteiger partial charge < -0.3 is 15.0 Å². The van der Waals surface area contributed by atoms with Gasteiger partial charge in [0, 0.05) is 19.3 Å². The van der Waals surface area contributed by atoms with Crippen LogP contribution in [0.1, 0.15) is 21.9 Å². The predicted molar refractivity (Wildman–Crippen MR) is 111 cm³/mol. The Balaban J connectivity index is 1.46. The fourth-order valence-electron chi connectivity index (χ4n) is 3.40. The van der Waals surface area contributed by atoms with Gasteiger partial charge in [0.05, 0.1) is 36.4 Å². The second-order valence-corrected chi connectivity index (χ2v) is 7.29. The summed E-state index contributed by atoms with van der Waals surface area (Å²) < 4.78 is 9.03. The molecule has 0 bridgehead atoms. The summed E-state index contributed by atoms with van der Waals surface area (Å²) in [6.07, 6.45) is 0.845. The summed E-state index contributed by atoms with van der Waals surface area (Å²) in [5, 5.41) is 11.4. The quantitative estimate of drug-likeness (QED) is 0.709. The first-order chi connectivity index (χ1) is 14.4. The molecule has 2 aromatic heterocycles. The van der Waals surface area contributed by atoms with E-state index in [0.29, 0.717) is 17.9 Å². The first-order valence-corrected chi connectivity index (χ1v) is 9.76. The van der Waals surface area contributed by atoms with Crippen molar-refractivity contribution in [2.45, 2.75) is 20.0 Å². The Labute approximate surface area is 174 Å². The minimum atomic E-state index is -0.750. The van der Waals surface area contributed by atoms with Crippen molar-refractivity contribution in [3.8, 4) is 5.69 Å². The number of ether oxygens (including phenoxy) is 1. The third-order valence-corrected chi connectivity index (χ3v) is 5.25. The van der Waals surface area contributed by atoms with Gasteiger partial charge in [-0.3, -0.25) is 14.3 Å². The van der Waals surface area contributed by atoms with Crippen LogP contribution in [0.25, 0.3) is 5.69 Å². The van der Waals surface area contributed by atoms with Gasteiger partial charge in [0.2, 0.25) is 0 Å². The lowest BCUT2D eigenvalue weighted by Crippen LogP contribution is -2.50. The summed E-state index contributed by atoms with van der Waals surface area (Å²) in [6, 6.07) is 11.4. The average Bonchev–Trinajstić information content (AvgIpc) is 3.31. The van der Waals surface area contributed by atoms with E-state index in [4.69, 9.17) is 4.74 Å². The first-order valence-electron chi connectivity index (χ1n) is 9.76. The van der Waals surface area contributed by atoms with E-state index in [1.807, 2.05) is 44.2 Å². The molecular formula is C21H24N6O3. The van der Waals surface area contributed by atoms with E-state index >= 15 is 0 Å². The number of nitrogens with zero attached hydrogens (tertiary/aromatic N) is 5. The van der Waals surface area contributed by atoms with Crippen LogP contribution in [0.4, 0.5) is 5.69 Å². The third-order valence-electron chi connectivity index (χ3n) is 5.25. The van der Waals surface area contributed by atoms with Crippen molar-refractivity contribution in [2.24, 2.45) is 7.05 Å². The SMILES string of the molecule is Cc1c(NC(=O)C2CN(C(=O)c3cc(C)n(-c4ccccc4)n3)CCO2)cnn1C. The number of aryl methyl sites for hydroxylation is 2. The van der Waals surface area contributed by atoms with Gasteiger partial charge in [-0.25, -0.2) is 4.68 Å². The molecule has 3 aromatic rings. The molecule has 4 rings (SSSR count). The van der Waals surface area contributed by atoms with Gasteiger partial charge in [-0.1, -0.05) is 18.2 Å². The number of hydrogen-bond donors (Lipinski definition) is 1. The van der Waals surface area contributed by atoms with E-state index in [-0.39, 0.29) is 25.0 Å². The molecule has 0 radical (unpaired) electrons. The minimum absolute atomic E-state index is 0.168. The van der Waals surface area contributed by atoms with Gasteiger partial charge in [-0.05, 0) is 32.0 Å². The van der Waals surface area contributed by atoms with Crippen LogP contribution in [0.5, 0.6) is 0 Å². The normalized spacial score (nSPS) is 16.5. The van der Waals surface area contributed by atoms with E-state index in [0.717, 1.165) is 17.1 Å². The van der Waals surface area contributed by atoms with E-state index in [2.05, 4.69) is 15.5 Å². The Morgan fingerprint density at radius 3 is 2.67 bits per heavy atom. The number of aromatic nitrogens is 4. The van der Waals surface area contributed by atoms with Gasteiger partial charge in [0.1, 0.15) is 0 Å². The van der Waals surface area contributed by atoms with Crippen LogP contribution in [0.3, 0.4) is 0 Å². The topological polar surface area (TPSA) is 94.3 Å². The van der Waals surface area contributed by atoms with Gasteiger partial charge in [0.25, 0.3) is 11.8 Å². The van der Waals surface area contributed by atoms with Gasteiger partial charge in [-0.15, -0.1) is 0 Å². The standard InChI is InChI=1S/C21H24N6O3/c1-14-11-17(24-27(14)16-7-5-4-6-8-16)21(29)26-9-10-30-19(13-26)20(28)23-18-12-22-25(3)15(18)2/h4-8,11-12,19H,9-10,13H2,1-3H3,(H,23,28). The maximum atomic E-state index is 13.0. The van der Waals surface area contributed by atoms with Crippen LogP contribution >= 0.6 is 0 Å². The second kappa shape index (κ2) is 8.11. The lowest BCUT2D eigenvalue weighted by molar-refractivity contribution is -0.131. The molecule has 156 valence electrons. The van der Waals surface area contributed by atoms with Crippen molar-refractivity contribution in [3.05, 3.63) is 59.7 Å². The van der Waals surface area contributed by atoms with Crippen LogP contribution in [-0.4, -0.2) is 62.1 Å². The van der Waals surface area contributed by atoms with E-state index in [1.165, 1.54) is 0 Å². The average molecular weight is 408 g/mol. The van der Waals surface area contributed by atoms with Crippen molar-refractivity contribution in [1.82, 2.24) is 24.5 Å². The number of carbonyl (C=O) groups excluding carboxylic acids is 2. The number of morpholine rings is 1. The smallest absolute Gasteiger partial charge is 0.274 e. The second-order valence-electron chi connectivity index (χ2n) is 7.29. The van der Waals surface area contributed by atoms with Gasteiger partial charge in [-0.2, -0.15) is 10.2 Å². The highest BCUT2D eigenvalue weighted by molar-refractivity contribution is 5.96. The molecule has 0 saturated carbocycles. The monoisotopic (exact) mass is 408 g/mol. The predicted octanol–water partition coefficient (Wildman–Crippen LogP) is 1.70. The molecule has 2 amide bonds. The fraction of sp³-hybridized carbons (Fsp3) is 0.333. The number of benzene rings is 1. The van der Waals surface area contributed by atoms with Crippen molar-refractivity contribution in [3.63, 3.8) is 0 Å². The highest BCUT2D eigenvalue weighted by atomic mass is 16.5. The third kappa shape index (κ3) is 3.84. The Morgan fingerprint density at radius 1 is 1.20 bits per heavy atom. The molecule has 1 fully saturated rings. The summed E-state index contributed by atoms with van der Waals surface area (Å²) in [6.45, 7) is 4.63. The van der Waals surface area contributed by atoms with Gasteiger partial charge >= 0.3 is 0 Å². The Kier molecular flexibility index (Phi) is 5.37. The lowest BCUT2D eigenvalue weighted by atomic mass is 10.2. The lowest BCUT2D eigenvalue weighted by Gasteiger charge is -2.31. The number of para-hydroxylation sites is 1. The van der Waals surface area contributed by atoms with Crippen LogP contribution in [-0.2, 0) is 16.6 Å². The molecule has 30 heavy (non-hydrogen) atoms. The number of rotatable bonds is 4. The number of amides is 2. The van der Waals surface area contributed by atoms with Crippen molar-refractivity contribution < 1.29 is 14.3 Å². The molecule has 0 spiro atoms. The summed E-state index contributed by atoms with van der Waals surface area (Å²) in [5.74, 6) is -0.513. The highest BCUT2D eigenvalue weighted by Gasteiger charge is 2.31. The zero-order valence-electron chi connectivity index (χ0n) is 17.2. The number of anilines is 1. The molecule has 9 nitrogen and oxygen atoms in total. The molecule has 1 aromatic carbocycles. The maximum absolute atomic E-state index is 13.0. The molecular weight excluding hydrogens is 384 g/mol. The van der Waals surface area contributed by atoms with Crippen LogP contribution in [0.15, 0.2) is 42.6 Å². The van der Waals surface area contributed by atoms with Crippen molar-refractivity contribution in [1.29, 1.82) is 0 Å². The Morgan fingerprint density at radius 2 is 1.97 bits per heavy atom. The van der Waals surface area contributed by atoms with E-state index < -0.39 is 6.10 Å². The van der Waals surface area contributed by atoms with E-state index in [1.54, 1.807) is 33.6 Å². The van der Waals surface area contributed by atoms with E-state index in [9.17, 15) is 9.59 Å². The number of carbonyl (C=O) groups is 2. The summed E-state index contributed by atoms with van der Waals surface area (Å²) in [5.41, 5.74) is 3.57. The van der Waals surface area contributed by atoms with Crippen molar-refractivity contribution >= 4 is 17.5 Å². The zero-order chi connectivity index (χ0) is 21.3. The molecule has 1 unspecified atom stereocenters. The summed E-state index contributed by atoms with van der Waals surface area (Å²) >= 11 is 0. The zero-order valence-corrected chi connectivity index (χ0v) is 17.2. The molecule has 1 N–H and O–H groups in total. The highest BCUT2D eigenvalue weighted by Crippen LogP contribution is 2.17. The Hall–Kier alpha value is -3.46. The van der Waals surface area contributed by atoms with Crippen molar-refractivity contribution in [2.75, 3.05) is 25.0 Å². The molecule has 1 atom stereocenters. The van der Waals surface area contributed by atoms with Crippen LogP contribution < -0.4 is 5.32 Å². The van der Waals surface area contributed by atoms with Crippen LogP contribution in [0.2, 0.25) is 0 Å². The summed E-state index contributed by atoms with van der Waals surface area (Å²) in [4.78, 5) is 27.3. The number of hydrogen-bond acceptors (Lipinski definition) is 5. The Bertz CT molecular complexity index is 1070. The maximum Gasteiger partial charge on any atom is 0.274 e. The fourth-order valence-corrected chi connectivity index (χ4v) is 3.40. The largest absolute Gasteiger partial charge is 0.365 e. The molecule has 1 aliphatic heterocycles. The first kappa shape index (κ1) is 19.8. The molecule has 1 aliphatic rings. The minimum Gasteiger partial charge on any atom is -0.365 e.